The van der Waals surface area contributed by atoms with Crippen LogP contribution in [-0.2, 0) is 23.1 Å². The van der Waals surface area contributed by atoms with Gasteiger partial charge in [0.05, 0.1) is 48.0 Å². The number of hydrogen-bond donors (Lipinski definition) is 2. The molecule has 0 aliphatic carbocycles. The van der Waals surface area contributed by atoms with E-state index in [-0.39, 0.29) is 41.2 Å². The van der Waals surface area contributed by atoms with Gasteiger partial charge in [0, 0.05) is 51.7 Å². The van der Waals surface area contributed by atoms with Crippen molar-refractivity contribution in [2.75, 3.05) is 62.4 Å². The van der Waals surface area contributed by atoms with Gasteiger partial charge in [0.1, 0.15) is 12.1 Å². The van der Waals surface area contributed by atoms with Crippen molar-refractivity contribution in [3.8, 4) is 17.0 Å². The summed E-state index contributed by atoms with van der Waals surface area (Å²) < 4.78 is 58.1. The second-order valence-corrected chi connectivity index (χ2v) is 13.4. The molecule has 1 saturated heterocycles. The number of nitrogens with two attached hydrogens (primary N) is 1. The van der Waals surface area contributed by atoms with E-state index in [1.165, 1.54) is 26.4 Å². The van der Waals surface area contributed by atoms with E-state index in [1.807, 2.05) is 45.9 Å². The van der Waals surface area contributed by atoms with Crippen LogP contribution < -0.4 is 26.2 Å². The third-order valence-electron chi connectivity index (χ3n) is 8.07. The van der Waals surface area contributed by atoms with Gasteiger partial charge in [-0.15, -0.1) is 0 Å². The first-order valence-electron chi connectivity index (χ1n) is 16.4. The number of hydrogen-bond acceptors (Lipinski definition) is 10. The standard InChI is InChI=1S/C34H46F3N7O6/c1-22(18-39-28-17-24(9-10-27(28)38)42-11-13-43(14-12-42)32(47)50-33(2,3)4)8-7-15-49-30-26(19-40-44(30)21-34(35,36)37)25-16-23(31(46)48-6)20-41(5)29(25)45/h9-10,16-17,19-20,22,39H,7-8,11-15,18,21,38H2,1-6H3/t22-/m1/s1. The van der Waals surface area contributed by atoms with E-state index in [4.69, 9.17) is 19.9 Å². The van der Waals surface area contributed by atoms with Crippen LogP contribution in [-0.4, -0.2) is 89.5 Å². The zero-order valence-corrected chi connectivity index (χ0v) is 29.3. The molecular formula is C34H46F3N7O6. The van der Waals surface area contributed by atoms with Crippen LogP contribution in [0.2, 0.25) is 0 Å². The zero-order valence-electron chi connectivity index (χ0n) is 29.3. The Morgan fingerprint density at radius 2 is 1.78 bits per heavy atom. The molecule has 4 rings (SSSR count). The smallest absolute Gasteiger partial charge is 0.410 e. The lowest BCUT2D eigenvalue weighted by molar-refractivity contribution is -0.143. The molecule has 0 bridgehead atoms. The van der Waals surface area contributed by atoms with Gasteiger partial charge in [0.15, 0.2) is 0 Å². The molecule has 0 spiro atoms. The van der Waals surface area contributed by atoms with Gasteiger partial charge in [-0.1, -0.05) is 6.92 Å². The third-order valence-corrected chi connectivity index (χ3v) is 8.07. The largest absolute Gasteiger partial charge is 0.477 e. The molecule has 16 heteroatoms. The highest BCUT2D eigenvalue weighted by Gasteiger charge is 2.32. The minimum Gasteiger partial charge on any atom is -0.477 e. The summed E-state index contributed by atoms with van der Waals surface area (Å²) in [7, 11) is 2.61. The number of pyridine rings is 1. The highest BCUT2D eigenvalue weighted by molar-refractivity contribution is 5.90. The van der Waals surface area contributed by atoms with E-state index in [2.05, 4.69) is 15.3 Å². The first-order valence-corrected chi connectivity index (χ1v) is 16.4. The number of ether oxygens (including phenoxy) is 3. The Hall–Kier alpha value is -4.89. The summed E-state index contributed by atoms with van der Waals surface area (Å²) in [6, 6.07) is 7.03. The van der Waals surface area contributed by atoms with Crippen molar-refractivity contribution in [1.29, 1.82) is 0 Å². The molecule has 0 radical (unpaired) electrons. The van der Waals surface area contributed by atoms with Gasteiger partial charge in [-0.05, 0) is 63.8 Å². The SMILES string of the molecule is COC(=O)c1cc(-c2cnn(CC(F)(F)F)c2OCCC[C@@H](C)CNc2cc(N3CCN(C(=O)OC(C)(C)C)CC3)ccc2N)c(=O)n(C)c1. The lowest BCUT2D eigenvalue weighted by atomic mass is 10.1. The highest BCUT2D eigenvalue weighted by Crippen LogP contribution is 2.32. The lowest BCUT2D eigenvalue weighted by Crippen LogP contribution is -2.50. The number of benzene rings is 1. The minimum absolute atomic E-state index is 0.0388. The van der Waals surface area contributed by atoms with E-state index in [1.54, 1.807) is 4.90 Å². The summed E-state index contributed by atoms with van der Waals surface area (Å²) in [4.78, 5) is 41.5. The van der Waals surface area contributed by atoms with Gasteiger partial charge in [0.2, 0.25) is 5.88 Å². The number of aryl methyl sites for hydroxylation is 1. The highest BCUT2D eigenvalue weighted by atomic mass is 19.4. The number of carbonyl (C=O) groups is 2. The number of anilines is 3. The Morgan fingerprint density at radius 3 is 2.42 bits per heavy atom. The number of carbonyl (C=O) groups excluding carboxylic acids is 2. The fourth-order valence-electron chi connectivity index (χ4n) is 5.48. The monoisotopic (exact) mass is 705 g/mol. The second kappa shape index (κ2) is 15.8. The van der Waals surface area contributed by atoms with Crippen LogP contribution in [0.3, 0.4) is 0 Å². The molecule has 0 saturated carbocycles. The van der Waals surface area contributed by atoms with Crippen molar-refractivity contribution < 1.29 is 37.0 Å². The Balaban J connectivity index is 1.35. The maximum atomic E-state index is 13.4. The lowest BCUT2D eigenvalue weighted by Gasteiger charge is -2.37. The molecule has 1 aliphatic rings. The fourth-order valence-corrected chi connectivity index (χ4v) is 5.48. The first kappa shape index (κ1) is 37.9. The molecular weight excluding hydrogens is 659 g/mol. The van der Waals surface area contributed by atoms with E-state index in [9.17, 15) is 27.6 Å². The summed E-state index contributed by atoms with van der Waals surface area (Å²) in [5.41, 5.74) is 7.56. The predicted octanol–water partition coefficient (Wildman–Crippen LogP) is 5.14. The van der Waals surface area contributed by atoms with Crippen LogP contribution >= 0.6 is 0 Å². The van der Waals surface area contributed by atoms with Crippen molar-refractivity contribution in [2.24, 2.45) is 13.0 Å². The van der Waals surface area contributed by atoms with Gasteiger partial charge in [-0.3, -0.25) is 4.79 Å². The first-order chi connectivity index (χ1) is 23.5. The number of nitrogens with zero attached hydrogens (tertiary/aromatic N) is 5. The molecule has 1 aromatic carbocycles. The molecule has 13 nitrogen and oxygen atoms in total. The van der Waals surface area contributed by atoms with Crippen molar-refractivity contribution >= 4 is 29.1 Å². The predicted molar refractivity (Wildman–Crippen MR) is 184 cm³/mol. The number of rotatable bonds is 12. The normalized spacial score (nSPS) is 14.3. The zero-order chi connectivity index (χ0) is 36.8. The van der Waals surface area contributed by atoms with Crippen LogP contribution in [0.5, 0.6) is 5.88 Å². The van der Waals surface area contributed by atoms with Crippen molar-refractivity contribution in [1.82, 2.24) is 19.2 Å². The molecule has 3 aromatic rings. The Kier molecular flexibility index (Phi) is 12.0. The van der Waals surface area contributed by atoms with Gasteiger partial charge >= 0.3 is 18.2 Å². The molecule has 3 heterocycles. The molecule has 1 aliphatic heterocycles. The average molecular weight is 706 g/mol. The van der Waals surface area contributed by atoms with Crippen LogP contribution in [0.25, 0.3) is 11.1 Å². The number of amides is 1. The summed E-state index contributed by atoms with van der Waals surface area (Å²) >= 11 is 0. The van der Waals surface area contributed by atoms with Crippen LogP contribution in [0.15, 0.2) is 41.5 Å². The van der Waals surface area contributed by atoms with Gasteiger partial charge in [-0.2, -0.15) is 18.3 Å². The van der Waals surface area contributed by atoms with Crippen LogP contribution in [0.1, 0.15) is 50.9 Å². The fraction of sp³-hybridized carbons (Fsp3) is 0.529. The maximum absolute atomic E-state index is 13.4. The number of piperazine rings is 1. The number of alkyl halides is 3. The summed E-state index contributed by atoms with van der Waals surface area (Å²) in [6.45, 7) is 9.15. The van der Waals surface area contributed by atoms with Crippen LogP contribution in [0.4, 0.5) is 35.0 Å². The number of halogens is 3. The number of nitrogen functional groups attached to an aromatic ring is 1. The van der Waals surface area contributed by atoms with Gasteiger partial charge < -0.3 is 39.6 Å². The Morgan fingerprint density at radius 1 is 1.08 bits per heavy atom. The van der Waals surface area contributed by atoms with Crippen molar-refractivity contribution in [3.05, 3.63) is 52.6 Å². The molecule has 0 unspecified atom stereocenters. The topological polar surface area (TPSA) is 146 Å². The minimum atomic E-state index is -4.59. The van der Waals surface area contributed by atoms with Crippen molar-refractivity contribution in [3.63, 3.8) is 0 Å². The number of nitrogens with one attached hydrogen (secondary N) is 1. The molecule has 50 heavy (non-hydrogen) atoms. The summed E-state index contributed by atoms with van der Waals surface area (Å²) in [5.74, 6) is -0.785. The second-order valence-electron chi connectivity index (χ2n) is 13.4. The molecule has 1 fully saturated rings. The third kappa shape index (κ3) is 10.1. The van der Waals surface area contributed by atoms with Gasteiger partial charge in [-0.25, -0.2) is 14.3 Å². The Bertz CT molecular complexity index is 1710. The number of methoxy groups -OCH3 is 1. The molecule has 3 N–H and O–H groups in total. The van der Waals surface area contributed by atoms with E-state index < -0.39 is 29.9 Å². The average Bonchev–Trinajstić information content (AvgIpc) is 3.42. The molecule has 2 aromatic heterocycles. The molecule has 274 valence electrons. The van der Waals surface area contributed by atoms with Crippen molar-refractivity contribution in [2.45, 2.75) is 58.9 Å². The molecule has 1 atom stereocenters. The van der Waals surface area contributed by atoms with Gasteiger partial charge in [0.25, 0.3) is 5.56 Å². The van der Waals surface area contributed by atoms with E-state index >= 15 is 0 Å². The number of esters is 1. The molecule has 1 amide bonds. The van der Waals surface area contributed by atoms with E-state index in [0.29, 0.717) is 55.9 Å². The maximum Gasteiger partial charge on any atom is 0.410 e. The quantitative estimate of drug-likeness (QED) is 0.148. The Labute approximate surface area is 289 Å². The summed E-state index contributed by atoms with van der Waals surface area (Å²) in [5, 5.41) is 7.26. The van der Waals surface area contributed by atoms with E-state index in [0.717, 1.165) is 22.1 Å². The van der Waals surface area contributed by atoms with Crippen LogP contribution in [0, 0.1) is 5.92 Å². The number of aromatic nitrogens is 3. The summed E-state index contributed by atoms with van der Waals surface area (Å²) in [6.07, 6.45) is -1.33.